The molecule has 0 fully saturated rings. The highest BCUT2D eigenvalue weighted by Gasteiger charge is 2.26. The second-order valence-electron chi connectivity index (χ2n) is 5.44. The molecule has 0 unspecified atom stereocenters. The Morgan fingerprint density at radius 2 is 2.32 bits per heavy atom. The molecule has 0 saturated heterocycles. The third kappa shape index (κ3) is 2.27. The van der Waals surface area contributed by atoms with Crippen LogP contribution in [0.5, 0.6) is 5.75 Å². The summed E-state index contributed by atoms with van der Waals surface area (Å²) in [4.78, 5) is 21.9. The van der Waals surface area contributed by atoms with Crippen molar-refractivity contribution in [2.24, 2.45) is 0 Å². The second kappa shape index (κ2) is 5.18. The number of nitrogens with zero attached hydrogens (tertiary/aromatic N) is 2. The first-order valence-corrected chi connectivity index (χ1v) is 7.52. The number of carbonyl (C=O) groups is 1. The summed E-state index contributed by atoms with van der Waals surface area (Å²) in [7, 11) is 0. The Morgan fingerprint density at radius 1 is 1.41 bits per heavy atom. The van der Waals surface area contributed by atoms with E-state index in [9.17, 15) is 4.79 Å². The Kier molecular flexibility index (Phi) is 3.15. The van der Waals surface area contributed by atoms with E-state index < -0.39 is 0 Å². The number of hydrogen-bond acceptors (Lipinski definition) is 3. The smallest absolute Gasteiger partial charge is 0.253 e. The van der Waals surface area contributed by atoms with Gasteiger partial charge in [-0.05, 0) is 24.3 Å². The number of ether oxygens (including phenoxy) is 1. The van der Waals surface area contributed by atoms with Crippen molar-refractivity contribution >= 4 is 23.6 Å². The lowest BCUT2D eigenvalue weighted by Crippen LogP contribution is -2.38. The van der Waals surface area contributed by atoms with Gasteiger partial charge in [-0.25, -0.2) is 4.98 Å². The van der Waals surface area contributed by atoms with Crippen LogP contribution in [0.2, 0.25) is 5.02 Å². The van der Waals surface area contributed by atoms with E-state index in [1.807, 2.05) is 23.1 Å². The van der Waals surface area contributed by atoms with Crippen LogP contribution in [0.15, 0.2) is 30.1 Å². The largest absolute Gasteiger partial charge is 0.488 e. The molecule has 5 nitrogen and oxygen atoms in total. The summed E-state index contributed by atoms with van der Waals surface area (Å²) >= 11 is 6.01. The molecule has 0 spiro atoms. The number of rotatable bonds is 1. The molecule has 2 aliphatic heterocycles. The minimum absolute atomic E-state index is 0.00544. The van der Waals surface area contributed by atoms with Crippen LogP contribution in [0.4, 0.5) is 0 Å². The summed E-state index contributed by atoms with van der Waals surface area (Å²) in [6, 6.07) is 5.42. The van der Waals surface area contributed by atoms with Crippen LogP contribution in [0.25, 0.3) is 6.08 Å². The monoisotopic (exact) mass is 315 g/mol. The second-order valence-corrected chi connectivity index (χ2v) is 5.88. The molecule has 6 heteroatoms. The number of halogens is 1. The molecule has 4 rings (SSSR count). The number of amides is 1. The molecule has 1 N–H and O–H groups in total. The fourth-order valence-electron chi connectivity index (χ4n) is 2.86. The van der Waals surface area contributed by atoms with Gasteiger partial charge in [0, 0.05) is 23.6 Å². The van der Waals surface area contributed by atoms with Crippen molar-refractivity contribution < 1.29 is 9.53 Å². The van der Waals surface area contributed by atoms with E-state index in [1.54, 1.807) is 12.4 Å². The zero-order valence-corrected chi connectivity index (χ0v) is 12.6. The minimum atomic E-state index is 0.00544. The predicted molar refractivity (Wildman–Crippen MR) is 82.6 cm³/mol. The lowest BCUT2D eigenvalue weighted by atomic mass is 10.0. The van der Waals surface area contributed by atoms with E-state index >= 15 is 0 Å². The van der Waals surface area contributed by atoms with Gasteiger partial charge >= 0.3 is 0 Å². The molecular formula is C16H14ClN3O2. The number of hydrogen-bond donors (Lipinski definition) is 1. The molecule has 0 saturated carbocycles. The first-order chi connectivity index (χ1) is 10.7. The maximum atomic E-state index is 12.7. The third-order valence-corrected chi connectivity index (χ3v) is 4.26. The summed E-state index contributed by atoms with van der Waals surface area (Å²) in [6.45, 7) is 1.53. The average Bonchev–Trinajstić information content (AvgIpc) is 3.01. The lowest BCUT2D eigenvalue weighted by molar-refractivity contribution is -0.128. The van der Waals surface area contributed by atoms with Crippen LogP contribution in [-0.4, -0.2) is 33.9 Å². The topological polar surface area (TPSA) is 58.2 Å². The summed E-state index contributed by atoms with van der Waals surface area (Å²) in [6.07, 6.45) is 4.33. The van der Waals surface area contributed by atoms with Crippen molar-refractivity contribution in [3.63, 3.8) is 0 Å². The third-order valence-electron chi connectivity index (χ3n) is 4.02. The Bertz CT molecular complexity index is 781. The Hall–Kier alpha value is -2.27. The van der Waals surface area contributed by atoms with Gasteiger partial charge < -0.3 is 14.6 Å². The number of imidazole rings is 1. The summed E-state index contributed by atoms with van der Waals surface area (Å²) in [5.74, 6) is 0.765. The molecule has 3 heterocycles. The maximum absolute atomic E-state index is 12.7. The molecule has 112 valence electrons. The Morgan fingerprint density at radius 3 is 3.23 bits per heavy atom. The Labute approximate surface area is 132 Å². The standard InChI is InChI=1S/C16H14ClN3O2/c17-12-1-2-15-10(6-12)5-11(8-22-15)16(21)20-4-3-13-14(7-20)19-9-18-13/h1-2,5-6,9H,3-4,7-8H2,(H,18,19). The minimum Gasteiger partial charge on any atom is -0.488 e. The van der Waals surface area contributed by atoms with E-state index in [4.69, 9.17) is 16.3 Å². The highest BCUT2D eigenvalue weighted by atomic mass is 35.5. The van der Waals surface area contributed by atoms with Crippen LogP contribution >= 0.6 is 11.6 Å². The molecule has 2 aromatic rings. The molecule has 2 aliphatic rings. The first kappa shape index (κ1) is 13.4. The van der Waals surface area contributed by atoms with Gasteiger partial charge in [-0.3, -0.25) is 4.79 Å². The number of H-pyrrole nitrogens is 1. The molecule has 22 heavy (non-hydrogen) atoms. The van der Waals surface area contributed by atoms with Crippen LogP contribution in [0.3, 0.4) is 0 Å². The number of aromatic amines is 1. The molecular weight excluding hydrogens is 302 g/mol. The number of aromatic nitrogens is 2. The van der Waals surface area contributed by atoms with Crippen LogP contribution in [-0.2, 0) is 17.8 Å². The van der Waals surface area contributed by atoms with Gasteiger partial charge in [0.25, 0.3) is 5.91 Å². The average molecular weight is 316 g/mol. The van der Waals surface area contributed by atoms with Crippen molar-refractivity contribution in [1.82, 2.24) is 14.9 Å². The number of nitrogens with one attached hydrogen (secondary N) is 1. The maximum Gasteiger partial charge on any atom is 0.253 e. The van der Waals surface area contributed by atoms with Crippen molar-refractivity contribution in [2.75, 3.05) is 13.2 Å². The lowest BCUT2D eigenvalue weighted by Gasteiger charge is -2.28. The molecule has 1 amide bonds. The van der Waals surface area contributed by atoms with E-state index in [2.05, 4.69) is 9.97 Å². The number of fused-ring (bicyclic) bond motifs is 2. The van der Waals surface area contributed by atoms with Gasteiger partial charge in [0.05, 0.1) is 29.8 Å². The normalized spacial score (nSPS) is 16.4. The van der Waals surface area contributed by atoms with E-state index in [0.717, 1.165) is 29.1 Å². The fourth-order valence-corrected chi connectivity index (χ4v) is 3.04. The number of carbonyl (C=O) groups excluding carboxylic acids is 1. The quantitative estimate of drug-likeness (QED) is 0.879. The van der Waals surface area contributed by atoms with Crippen LogP contribution in [0, 0.1) is 0 Å². The van der Waals surface area contributed by atoms with E-state index in [1.165, 1.54) is 0 Å². The van der Waals surface area contributed by atoms with E-state index in [0.29, 0.717) is 30.3 Å². The van der Waals surface area contributed by atoms with Gasteiger partial charge in [0.1, 0.15) is 12.4 Å². The van der Waals surface area contributed by atoms with Gasteiger partial charge in [-0.1, -0.05) is 11.6 Å². The van der Waals surface area contributed by atoms with Gasteiger partial charge in [0.15, 0.2) is 0 Å². The Balaban J connectivity index is 1.59. The van der Waals surface area contributed by atoms with Crippen LogP contribution < -0.4 is 4.74 Å². The van der Waals surface area contributed by atoms with Gasteiger partial charge in [0.2, 0.25) is 0 Å². The molecule has 1 aromatic heterocycles. The molecule has 0 atom stereocenters. The zero-order chi connectivity index (χ0) is 15.1. The van der Waals surface area contributed by atoms with Crippen molar-refractivity contribution in [3.8, 4) is 5.75 Å². The molecule has 1 aromatic carbocycles. The number of benzene rings is 1. The molecule has 0 radical (unpaired) electrons. The van der Waals surface area contributed by atoms with E-state index in [-0.39, 0.29) is 5.91 Å². The molecule has 0 bridgehead atoms. The highest BCUT2D eigenvalue weighted by Crippen LogP contribution is 2.30. The van der Waals surface area contributed by atoms with Gasteiger partial charge in [-0.2, -0.15) is 0 Å². The highest BCUT2D eigenvalue weighted by molar-refractivity contribution is 6.30. The summed E-state index contributed by atoms with van der Waals surface area (Å²) < 4.78 is 5.66. The fraction of sp³-hybridized carbons (Fsp3) is 0.250. The van der Waals surface area contributed by atoms with Gasteiger partial charge in [-0.15, -0.1) is 0 Å². The summed E-state index contributed by atoms with van der Waals surface area (Å²) in [5.41, 5.74) is 3.56. The SMILES string of the molecule is O=C(C1=Cc2cc(Cl)ccc2OC1)N1CCc2nc[nH]c2C1. The van der Waals surface area contributed by atoms with Crippen LogP contribution in [0.1, 0.15) is 17.0 Å². The first-order valence-electron chi connectivity index (χ1n) is 7.14. The van der Waals surface area contributed by atoms with Crippen molar-refractivity contribution in [3.05, 3.63) is 52.1 Å². The summed E-state index contributed by atoms with van der Waals surface area (Å²) in [5, 5.41) is 0.632. The zero-order valence-electron chi connectivity index (χ0n) is 11.8. The molecule has 0 aliphatic carbocycles. The predicted octanol–water partition coefficient (Wildman–Crippen LogP) is 2.42. The van der Waals surface area contributed by atoms with Crippen molar-refractivity contribution in [2.45, 2.75) is 13.0 Å². The van der Waals surface area contributed by atoms with Crippen molar-refractivity contribution in [1.29, 1.82) is 0 Å².